The number of likely N-dealkylation sites (N-methyl/N-ethyl adjacent to an activating group) is 1. The molecular formula is C11H14IN3O2. The number of benzene rings is 1. The van der Waals surface area contributed by atoms with Crippen molar-refractivity contribution in [1.29, 1.82) is 0 Å². The Morgan fingerprint density at radius 1 is 1.35 bits per heavy atom. The summed E-state index contributed by atoms with van der Waals surface area (Å²) in [6, 6.07) is 4.98. The molecule has 0 aromatic heterocycles. The molecule has 0 fully saturated rings. The second-order valence-electron chi connectivity index (χ2n) is 3.37. The van der Waals surface area contributed by atoms with Crippen molar-refractivity contribution in [2.45, 2.75) is 6.92 Å². The van der Waals surface area contributed by atoms with Gasteiger partial charge in [0.1, 0.15) is 0 Å². The van der Waals surface area contributed by atoms with Crippen LogP contribution in [0.1, 0.15) is 17.3 Å². The van der Waals surface area contributed by atoms with Crippen LogP contribution in [0.3, 0.4) is 0 Å². The van der Waals surface area contributed by atoms with Crippen LogP contribution in [0.4, 0.5) is 5.69 Å². The molecule has 0 aliphatic heterocycles. The van der Waals surface area contributed by atoms with Crippen LogP contribution in [0.25, 0.3) is 0 Å². The minimum atomic E-state index is -0.283. The van der Waals surface area contributed by atoms with Gasteiger partial charge in [0.15, 0.2) is 0 Å². The normalized spacial score (nSPS) is 9.76. The summed E-state index contributed by atoms with van der Waals surface area (Å²) in [4.78, 5) is 22.8. The number of nitrogens with one attached hydrogen (secondary N) is 2. The molecule has 0 saturated heterocycles. The maximum atomic E-state index is 11.7. The van der Waals surface area contributed by atoms with Crippen LogP contribution in [0.15, 0.2) is 18.2 Å². The molecule has 92 valence electrons. The molecule has 6 heteroatoms. The first kappa shape index (κ1) is 13.8. The molecule has 0 aliphatic carbocycles. The van der Waals surface area contributed by atoms with Crippen LogP contribution >= 0.6 is 22.6 Å². The predicted octanol–water partition coefficient (Wildman–Crippen LogP) is 0.739. The SMILES string of the molecule is CCNC(=O)CNC(=O)c1ccc(N)c(I)c1. The maximum Gasteiger partial charge on any atom is 0.251 e. The number of hydrogen-bond donors (Lipinski definition) is 3. The minimum Gasteiger partial charge on any atom is -0.398 e. The van der Waals surface area contributed by atoms with Gasteiger partial charge in [-0.1, -0.05) is 0 Å². The second-order valence-corrected chi connectivity index (χ2v) is 4.53. The Morgan fingerprint density at radius 2 is 2.06 bits per heavy atom. The first-order valence-electron chi connectivity index (χ1n) is 5.14. The number of halogens is 1. The van der Waals surface area contributed by atoms with E-state index < -0.39 is 0 Å². The fraction of sp³-hybridized carbons (Fsp3) is 0.273. The van der Waals surface area contributed by atoms with E-state index in [1.54, 1.807) is 18.2 Å². The maximum absolute atomic E-state index is 11.7. The van der Waals surface area contributed by atoms with Gasteiger partial charge in [-0.15, -0.1) is 0 Å². The van der Waals surface area contributed by atoms with Crippen molar-refractivity contribution in [2.75, 3.05) is 18.8 Å². The largest absolute Gasteiger partial charge is 0.398 e. The molecular weight excluding hydrogens is 333 g/mol. The fourth-order valence-electron chi connectivity index (χ4n) is 1.19. The average Bonchev–Trinajstić information content (AvgIpc) is 2.30. The molecule has 0 unspecified atom stereocenters. The summed E-state index contributed by atoms with van der Waals surface area (Å²) in [5, 5.41) is 5.13. The van der Waals surface area contributed by atoms with Crippen LogP contribution in [-0.4, -0.2) is 24.9 Å². The van der Waals surface area contributed by atoms with Crippen LogP contribution in [0.5, 0.6) is 0 Å². The van der Waals surface area contributed by atoms with Crippen LogP contribution in [-0.2, 0) is 4.79 Å². The molecule has 1 aromatic rings. The second kappa shape index (κ2) is 6.43. The van der Waals surface area contributed by atoms with E-state index in [2.05, 4.69) is 33.2 Å². The highest BCUT2D eigenvalue weighted by atomic mass is 127. The summed E-state index contributed by atoms with van der Waals surface area (Å²) < 4.78 is 0.813. The fourth-order valence-corrected chi connectivity index (χ4v) is 1.71. The number of anilines is 1. The highest BCUT2D eigenvalue weighted by molar-refractivity contribution is 14.1. The summed E-state index contributed by atoms with van der Waals surface area (Å²) in [7, 11) is 0. The topological polar surface area (TPSA) is 84.2 Å². The average molecular weight is 347 g/mol. The lowest BCUT2D eigenvalue weighted by molar-refractivity contribution is -0.120. The zero-order chi connectivity index (χ0) is 12.8. The number of hydrogen-bond acceptors (Lipinski definition) is 3. The number of nitrogens with two attached hydrogens (primary N) is 1. The lowest BCUT2D eigenvalue weighted by Gasteiger charge is -2.06. The third-order valence-corrected chi connectivity index (χ3v) is 2.98. The summed E-state index contributed by atoms with van der Waals surface area (Å²) >= 11 is 2.05. The van der Waals surface area contributed by atoms with Gasteiger partial charge in [-0.05, 0) is 47.7 Å². The van der Waals surface area contributed by atoms with Gasteiger partial charge in [0.05, 0.1) is 6.54 Å². The third kappa shape index (κ3) is 4.22. The lowest BCUT2D eigenvalue weighted by atomic mass is 10.2. The Balaban J connectivity index is 2.58. The van der Waals surface area contributed by atoms with E-state index in [-0.39, 0.29) is 18.4 Å². The summed E-state index contributed by atoms with van der Waals surface area (Å²) in [6.07, 6.45) is 0. The van der Waals surface area contributed by atoms with Gasteiger partial charge in [-0.25, -0.2) is 0 Å². The Bertz CT molecular complexity index is 435. The first-order chi connectivity index (χ1) is 8.04. The van der Waals surface area contributed by atoms with Gasteiger partial charge < -0.3 is 16.4 Å². The first-order valence-corrected chi connectivity index (χ1v) is 6.22. The quantitative estimate of drug-likeness (QED) is 0.555. The molecule has 0 atom stereocenters. The Labute approximate surface area is 113 Å². The van der Waals surface area contributed by atoms with E-state index in [4.69, 9.17) is 5.73 Å². The van der Waals surface area contributed by atoms with Crippen LogP contribution in [0.2, 0.25) is 0 Å². The van der Waals surface area contributed by atoms with E-state index in [9.17, 15) is 9.59 Å². The monoisotopic (exact) mass is 347 g/mol. The third-order valence-electron chi connectivity index (χ3n) is 2.05. The standard InChI is InChI=1S/C11H14IN3O2/c1-2-14-10(16)6-15-11(17)7-3-4-9(13)8(12)5-7/h3-5H,2,6,13H2,1H3,(H,14,16)(H,15,17). The van der Waals surface area contributed by atoms with E-state index in [1.165, 1.54) is 0 Å². The minimum absolute atomic E-state index is 0.0202. The van der Waals surface area contributed by atoms with Gasteiger partial charge in [0, 0.05) is 21.4 Å². The number of amides is 2. The Hall–Kier alpha value is -1.31. The van der Waals surface area contributed by atoms with Gasteiger partial charge in [-0.2, -0.15) is 0 Å². The zero-order valence-corrected chi connectivity index (χ0v) is 11.6. The van der Waals surface area contributed by atoms with Gasteiger partial charge in [0.2, 0.25) is 5.91 Å². The van der Waals surface area contributed by atoms with Crippen molar-refractivity contribution in [1.82, 2.24) is 10.6 Å². The van der Waals surface area contributed by atoms with Crippen molar-refractivity contribution in [3.05, 3.63) is 27.3 Å². The van der Waals surface area contributed by atoms with Crippen molar-refractivity contribution in [2.24, 2.45) is 0 Å². The summed E-state index contributed by atoms with van der Waals surface area (Å²) in [6.45, 7) is 2.35. The molecule has 5 nitrogen and oxygen atoms in total. The lowest BCUT2D eigenvalue weighted by Crippen LogP contribution is -2.36. The molecule has 17 heavy (non-hydrogen) atoms. The van der Waals surface area contributed by atoms with E-state index in [1.807, 2.05) is 6.92 Å². The molecule has 1 rings (SSSR count). The van der Waals surface area contributed by atoms with Crippen molar-refractivity contribution >= 4 is 40.1 Å². The highest BCUT2D eigenvalue weighted by Crippen LogP contribution is 2.15. The van der Waals surface area contributed by atoms with Crippen LogP contribution < -0.4 is 16.4 Å². The van der Waals surface area contributed by atoms with Crippen molar-refractivity contribution in [3.8, 4) is 0 Å². The molecule has 1 aromatic carbocycles. The number of carbonyl (C=O) groups excluding carboxylic acids is 2. The van der Waals surface area contributed by atoms with Gasteiger partial charge in [0.25, 0.3) is 5.91 Å². The van der Waals surface area contributed by atoms with Crippen molar-refractivity contribution < 1.29 is 9.59 Å². The number of rotatable bonds is 4. The smallest absolute Gasteiger partial charge is 0.251 e. The predicted molar refractivity (Wildman–Crippen MR) is 74.6 cm³/mol. The Morgan fingerprint density at radius 3 is 2.65 bits per heavy atom. The molecule has 0 heterocycles. The molecule has 0 spiro atoms. The van der Waals surface area contributed by atoms with Crippen LogP contribution in [0, 0.1) is 3.57 Å². The van der Waals surface area contributed by atoms with Crippen molar-refractivity contribution in [3.63, 3.8) is 0 Å². The number of nitrogen functional groups attached to an aromatic ring is 1. The van der Waals surface area contributed by atoms with Gasteiger partial charge in [-0.3, -0.25) is 9.59 Å². The highest BCUT2D eigenvalue weighted by Gasteiger charge is 2.08. The zero-order valence-electron chi connectivity index (χ0n) is 9.42. The molecule has 4 N–H and O–H groups in total. The van der Waals surface area contributed by atoms with Gasteiger partial charge >= 0.3 is 0 Å². The molecule has 2 amide bonds. The number of carbonyl (C=O) groups is 2. The summed E-state index contributed by atoms with van der Waals surface area (Å²) in [5.41, 5.74) is 6.77. The summed E-state index contributed by atoms with van der Waals surface area (Å²) in [5.74, 6) is -0.486. The Kier molecular flexibility index (Phi) is 5.20. The molecule has 0 radical (unpaired) electrons. The van der Waals surface area contributed by atoms with E-state index in [0.29, 0.717) is 17.8 Å². The van der Waals surface area contributed by atoms with E-state index in [0.717, 1.165) is 3.57 Å². The molecule has 0 bridgehead atoms. The molecule has 0 aliphatic rings. The molecule has 0 saturated carbocycles. The van der Waals surface area contributed by atoms with E-state index >= 15 is 0 Å².